The standard InChI is InChI=1S/C12H16F3NO/c1-7-4-5-10(8(2)6-7)11(17,9(3)16)12(13,14)15/h4-6,9,17H,16H2,1-3H3. The van der Waals surface area contributed by atoms with Crippen molar-refractivity contribution < 1.29 is 18.3 Å². The minimum atomic E-state index is -4.80. The summed E-state index contributed by atoms with van der Waals surface area (Å²) in [6.45, 7) is 4.45. The molecule has 96 valence electrons. The fourth-order valence-electron chi connectivity index (χ4n) is 1.90. The van der Waals surface area contributed by atoms with Crippen molar-refractivity contribution in [1.82, 2.24) is 0 Å². The molecule has 2 atom stereocenters. The first-order valence-corrected chi connectivity index (χ1v) is 5.23. The molecule has 1 aromatic rings. The van der Waals surface area contributed by atoms with Gasteiger partial charge in [-0.25, -0.2) is 0 Å². The number of alkyl halides is 3. The van der Waals surface area contributed by atoms with E-state index >= 15 is 0 Å². The predicted octanol–water partition coefficient (Wildman–Crippen LogP) is 2.40. The first kappa shape index (κ1) is 14.0. The van der Waals surface area contributed by atoms with Crippen molar-refractivity contribution in [3.05, 3.63) is 34.9 Å². The van der Waals surface area contributed by atoms with Gasteiger partial charge in [-0.05, 0) is 31.9 Å². The van der Waals surface area contributed by atoms with Crippen molar-refractivity contribution in [2.75, 3.05) is 0 Å². The molecular weight excluding hydrogens is 231 g/mol. The van der Waals surface area contributed by atoms with Crippen LogP contribution in [-0.2, 0) is 5.60 Å². The summed E-state index contributed by atoms with van der Waals surface area (Å²) in [6, 6.07) is 2.96. The summed E-state index contributed by atoms with van der Waals surface area (Å²) in [5.41, 5.74) is 3.34. The lowest BCUT2D eigenvalue weighted by atomic mass is 9.83. The third-order valence-electron chi connectivity index (χ3n) is 2.88. The maximum Gasteiger partial charge on any atom is 0.422 e. The summed E-state index contributed by atoms with van der Waals surface area (Å²) in [5.74, 6) is 0. The highest BCUT2D eigenvalue weighted by atomic mass is 19.4. The second kappa shape index (κ2) is 4.31. The number of nitrogens with two attached hydrogens (primary N) is 1. The van der Waals surface area contributed by atoms with Crippen molar-refractivity contribution in [3.8, 4) is 0 Å². The summed E-state index contributed by atoms with van der Waals surface area (Å²) in [7, 11) is 0. The van der Waals surface area contributed by atoms with Crippen molar-refractivity contribution in [2.45, 2.75) is 38.6 Å². The second-order valence-electron chi connectivity index (χ2n) is 4.37. The topological polar surface area (TPSA) is 46.2 Å². The summed E-state index contributed by atoms with van der Waals surface area (Å²) < 4.78 is 39.0. The third kappa shape index (κ3) is 2.30. The molecule has 0 aromatic heterocycles. The van der Waals surface area contributed by atoms with Gasteiger partial charge in [0.25, 0.3) is 0 Å². The molecule has 2 nitrogen and oxygen atoms in total. The van der Waals surface area contributed by atoms with Gasteiger partial charge in [-0.2, -0.15) is 13.2 Å². The average molecular weight is 247 g/mol. The zero-order valence-corrected chi connectivity index (χ0v) is 9.97. The van der Waals surface area contributed by atoms with Gasteiger partial charge in [-0.3, -0.25) is 0 Å². The molecule has 1 aromatic carbocycles. The van der Waals surface area contributed by atoms with Crippen molar-refractivity contribution in [1.29, 1.82) is 0 Å². The lowest BCUT2D eigenvalue weighted by Crippen LogP contribution is -2.54. The molecular formula is C12H16F3NO. The van der Waals surface area contributed by atoms with Gasteiger partial charge < -0.3 is 10.8 Å². The zero-order chi connectivity index (χ0) is 13.4. The van der Waals surface area contributed by atoms with Crippen molar-refractivity contribution in [2.24, 2.45) is 5.73 Å². The van der Waals surface area contributed by atoms with Gasteiger partial charge in [-0.1, -0.05) is 23.8 Å². The molecule has 0 aliphatic rings. The van der Waals surface area contributed by atoms with Crippen molar-refractivity contribution >= 4 is 0 Å². The average Bonchev–Trinajstić information content (AvgIpc) is 2.14. The van der Waals surface area contributed by atoms with Crippen LogP contribution in [-0.4, -0.2) is 17.3 Å². The highest BCUT2D eigenvalue weighted by Gasteiger charge is 2.57. The van der Waals surface area contributed by atoms with Gasteiger partial charge in [-0.15, -0.1) is 0 Å². The maximum absolute atomic E-state index is 13.0. The Kier molecular flexibility index (Phi) is 3.55. The molecule has 0 saturated heterocycles. The van der Waals surface area contributed by atoms with E-state index in [4.69, 9.17) is 5.73 Å². The van der Waals surface area contributed by atoms with Crippen LogP contribution in [0.4, 0.5) is 13.2 Å². The van der Waals surface area contributed by atoms with E-state index in [1.54, 1.807) is 13.0 Å². The molecule has 0 aliphatic heterocycles. The van der Waals surface area contributed by atoms with Crippen LogP contribution in [0.2, 0.25) is 0 Å². The first-order valence-electron chi connectivity index (χ1n) is 5.23. The van der Waals surface area contributed by atoms with Crippen LogP contribution in [0.25, 0.3) is 0 Å². The largest absolute Gasteiger partial charge is 0.422 e. The first-order chi connectivity index (χ1) is 7.60. The molecule has 0 aliphatic carbocycles. The number of rotatable bonds is 2. The molecule has 0 bridgehead atoms. The molecule has 5 heteroatoms. The van der Waals surface area contributed by atoms with E-state index in [0.717, 1.165) is 12.5 Å². The Hall–Kier alpha value is -1.07. The second-order valence-corrected chi connectivity index (χ2v) is 4.37. The SMILES string of the molecule is Cc1ccc(C(O)(C(C)N)C(F)(F)F)c(C)c1. The Morgan fingerprint density at radius 3 is 2.12 bits per heavy atom. The van der Waals surface area contributed by atoms with Gasteiger partial charge >= 0.3 is 6.18 Å². The number of hydrogen-bond donors (Lipinski definition) is 2. The molecule has 0 fully saturated rings. The van der Waals surface area contributed by atoms with Crippen LogP contribution in [0.1, 0.15) is 23.6 Å². The Morgan fingerprint density at radius 1 is 1.24 bits per heavy atom. The van der Waals surface area contributed by atoms with Gasteiger partial charge in [0.1, 0.15) is 0 Å². The van der Waals surface area contributed by atoms with Crippen molar-refractivity contribution in [3.63, 3.8) is 0 Å². The van der Waals surface area contributed by atoms with Gasteiger partial charge in [0, 0.05) is 6.04 Å². The van der Waals surface area contributed by atoms with E-state index in [2.05, 4.69) is 0 Å². The third-order valence-corrected chi connectivity index (χ3v) is 2.88. The lowest BCUT2D eigenvalue weighted by Gasteiger charge is -2.35. The van der Waals surface area contributed by atoms with E-state index in [9.17, 15) is 18.3 Å². The smallest absolute Gasteiger partial charge is 0.375 e. The highest BCUT2D eigenvalue weighted by Crippen LogP contribution is 2.42. The van der Waals surface area contributed by atoms with Crippen LogP contribution in [0.15, 0.2) is 18.2 Å². The fraction of sp³-hybridized carbons (Fsp3) is 0.500. The number of halogens is 3. The van der Waals surface area contributed by atoms with E-state index in [1.807, 2.05) is 0 Å². The van der Waals surface area contributed by atoms with Gasteiger partial charge in [0.15, 0.2) is 0 Å². The Labute approximate surface area is 98.3 Å². The van der Waals surface area contributed by atoms with Gasteiger partial charge in [0.05, 0.1) is 0 Å². The number of aliphatic hydroxyl groups is 1. The van der Waals surface area contributed by atoms with E-state index < -0.39 is 17.8 Å². The molecule has 3 N–H and O–H groups in total. The summed E-state index contributed by atoms with van der Waals surface area (Å²) >= 11 is 0. The van der Waals surface area contributed by atoms with Crippen LogP contribution in [0, 0.1) is 13.8 Å². The maximum atomic E-state index is 13.0. The molecule has 0 amide bonds. The van der Waals surface area contributed by atoms with Gasteiger partial charge in [0.2, 0.25) is 5.60 Å². The summed E-state index contributed by atoms with van der Waals surface area (Å²) in [6.07, 6.45) is -4.80. The van der Waals surface area contributed by atoms with E-state index in [0.29, 0.717) is 5.56 Å². The normalized spacial score (nSPS) is 17.6. The fourth-order valence-corrected chi connectivity index (χ4v) is 1.90. The Morgan fingerprint density at radius 2 is 1.76 bits per heavy atom. The number of aryl methyl sites for hydroxylation is 2. The number of benzene rings is 1. The monoisotopic (exact) mass is 247 g/mol. The minimum absolute atomic E-state index is 0.189. The van der Waals surface area contributed by atoms with Crippen LogP contribution < -0.4 is 5.73 Å². The summed E-state index contributed by atoms with van der Waals surface area (Å²) in [5, 5.41) is 9.92. The zero-order valence-electron chi connectivity index (χ0n) is 9.97. The Bertz CT molecular complexity index is 415. The molecule has 1 rings (SSSR count). The van der Waals surface area contributed by atoms with Crippen LogP contribution in [0.5, 0.6) is 0 Å². The van der Waals surface area contributed by atoms with E-state index in [1.165, 1.54) is 19.1 Å². The Balaban J connectivity index is 3.44. The molecule has 17 heavy (non-hydrogen) atoms. The van der Waals surface area contributed by atoms with E-state index in [-0.39, 0.29) is 5.56 Å². The lowest BCUT2D eigenvalue weighted by molar-refractivity contribution is -0.273. The molecule has 0 spiro atoms. The number of hydrogen-bond acceptors (Lipinski definition) is 2. The minimum Gasteiger partial charge on any atom is -0.375 e. The summed E-state index contributed by atoms with van der Waals surface area (Å²) in [4.78, 5) is 0. The molecule has 0 radical (unpaired) electrons. The predicted molar refractivity (Wildman–Crippen MR) is 59.5 cm³/mol. The molecule has 0 heterocycles. The highest BCUT2D eigenvalue weighted by molar-refractivity contribution is 5.37. The quantitative estimate of drug-likeness (QED) is 0.843. The molecule has 2 unspecified atom stereocenters. The van der Waals surface area contributed by atoms with Crippen LogP contribution in [0.3, 0.4) is 0 Å². The molecule has 0 saturated carbocycles. The van der Waals surface area contributed by atoms with Crippen LogP contribution >= 0.6 is 0 Å².